The first-order chi connectivity index (χ1) is 17.1. The second kappa shape index (κ2) is 9.51. The number of rotatable bonds is 4. The molecule has 6 rings (SSSR count). The normalized spacial score (nSPS) is 11.0. The van der Waals surface area contributed by atoms with Gasteiger partial charge < -0.3 is 21.5 Å². The van der Waals surface area contributed by atoms with Crippen LogP contribution >= 0.6 is 0 Å². The first-order valence-electron chi connectivity index (χ1n) is 11.6. The Balaban J connectivity index is 0.00000267. The smallest absolute Gasteiger partial charge is 0.258 e. The molecule has 0 aliphatic heterocycles. The number of aryl methyl sites for hydroxylation is 1. The summed E-state index contributed by atoms with van der Waals surface area (Å²) in [4.78, 5) is 29.5. The molecule has 0 fully saturated rings. The summed E-state index contributed by atoms with van der Waals surface area (Å²) in [5, 5.41) is 4.36. The van der Waals surface area contributed by atoms with Crippen LogP contribution in [-0.4, -0.2) is 10.4 Å². The van der Waals surface area contributed by atoms with Gasteiger partial charge in [0.15, 0.2) is 12.0 Å². The molecule has 0 spiro atoms. The number of para-hydroxylation sites is 1. The van der Waals surface area contributed by atoms with Crippen molar-refractivity contribution in [3.05, 3.63) is 125 Å². The molecule has 0 radical (unpaired) electrons. The molecule has 2 aromatic heterocycles. The molecule has 0 saturated heterocycles. The molecule has 4 nitrogen and oxygen atoms in total. The van der Waals surface area contributed by atoms with E-state index < -0.39 is 0 Å². The fourth-order valence-corrected chi connectivity index (χ4v) is 4.94. The van der Waals surface area contributed by atoms with E-state index in [4.69, 9.17) is 0 Å². The van der Waals surface area contributed by atoms with Crippen molar-refractivity contribution >= 4 is 38.4 Å². The van der Waals surface area contributed by atoms with Crippen molar-refractivity contribution in [2.75, 3.05) is 0 Å². The third-order valence-electron chi connectivity index (χ3n) is 6.78. The van der Waals surface area contributed by atoms with E-state index in [2.05, 4.69) is 29.2 Å². The average Bonchev–Trinajstić information content (AvgIpc) is 2.91. The van der Waals surface area contributed by atoms with E-state index in [0.29, 0.717) is 17.5 Å². The van der Waals surface area contributed by atoms with Crippen LogP contribution in [0.1, 0.15) is 15.9 Å². The monoisotopic (exact) mass is 534 g/mol. The number of benzene rings is 4. The van der Waals surface area contributed by atoms with E-state index >= 15 is 0 Å². The zero-order valence-corrected chi connectivity index (χ0v) is 21.2. The SMILES string of the molecule is Cn1c(=O)c(-c2ccc(C(=O)Cc3cc[nH+]c4ccc5ccccc5c34)cc2)cc2ccccc21.[Br-]. The molecule has 0 saturated carbocycles. The van der Waals surface area contributed by atoms with E-state index in [9.17, 15) is 9.59 Å². The van der Waals surface area contributed by atoms with Crippen molar-refractivity contribution in [2.24, 2.45) is 7.05 Å². The Morgan fingerprint density at radius 2 is 1.56 bits per heavy atom. The highest BCUT2D eigenvalue weighted by Gasteiger charge is 2.15. The molecule has 6 aromatic rings. The number of fused-ring (bicyclic) bond motifs is 4. The highest BCUT2D eigenvalue weighted by Crippen LogP contribution is 2.27. The minimum Gasteiger partial charge on any atom is -1.00 e. The van der Waals surface area contributed by atoms with Gasteiger partial charge in [0.1, 0.15) is 0 Å². The summed E-state index contributed by atoms with van der Waals surface area (Å²) in [5.74, 6) is 0.0448. The van der Waals surface area contributed by atoms with Gasteiger partial charge in [0, 0.05) is 36.7 Å². The standard InChI is InChI=1S/C31H22N2O2.BrH/c1-33-28-9-5-3-7-23(28)18-26(31(33)35)21-10-12-22(13-11-21)29(34)19-24-16-17-32-27-15-14-20-6-2-4-8-25(20)30(24)27;/h2-18H,19H2,1H3;1H. The zero-order valence-electron chi connectivity index (χ0n) is 19.7. The van der Waals surface area contributed by atoms with Crippen molar-refractivity contribution in [1.82, 2.24) is 4.57 Å². The summed E-state index contributed by atoms with van der Waals surface area (Å²) in [6.45, 7) is 0. The number of ketones is 1. The average molecular weight is 535 g/mol. The van der Waals surface area contributed by atoms with Gasteiger partial charge in [-0.3, -0.25) is 9.59 Å². The Bertz CT molecular complexity index is 1820. The molecule has 0 unspecified atom stereocenters. The largest absolute Gasteiger partial charge is 1.00 e. The second-order valence-electron chi connectivity index (χ2n) is 8.87. The first kappa shape index (κ1) is 23.6. The Labute approximate surface area is 218 Å². The number of aromatic amines is 1. The molecule has 5 heteroatoms. The number of nitrogens with zero attached hydrogens (tertiary/aromatic N) is 1. The van der Waals surface area contributed by atoms with Gasteiger partial charge in [-0.05, 0) is 45.5 Å². The lowest BCUT2D eigenvalue weighted by Crippen LogP contribution is -3.00. The molecule has 176 valence electrons. The van der Waals surface area contributed by atoms with Gasteiger partial charge in [-0.1, -0.05) is 66.7 Å². The molecule has 0 aliphatic carbocycles. The predicted octanol–water partition coefficient (Wildman–Crippen LogP) is 2.76. The summed E-state index contributed by atoms with van der Waals surface area (Å²) in [7, 11) is 1.79. The molecule has 0 bridgehead atoms. The van der Waals surface area contributed by atoms with Crippen LogP contribution in [0.3, 0.4) is 0 Å². The van der Waals surface area contributed by atoms with Gasteiger partial charge in [0.2, 0.25) is 5.52 Å². The van der Waals surface area contributed by atoms with Crippen molar-refractivity contribution in [2.45, 2.75) is 6.42 Å². The molecular weight excluding hydrogens is 512 g/mol. The number of hydrogen-bond acceptors (Lipinski definition) is 2. The summed E-state index contributed by atoms with van der Waals surface area (Å²) in [6, 6.07) is 31.5. The Morgan fingerprint density at radius 1 is 0.833 bits per heavy atom. The van der Waals surface area contributed by atoms with Crippen LogP contribution in [-0.2, 0) is 13.5 Å². The van der Waals surface area contributed by atoms with Crippen molar-refractivity contribution in [1.29, 1.82) is 0 Å². The maximum Gasteiger partial charge on any atom is 0.258 e. The molecule has 0 atom stereocenters. The summed E-state index contributed by atoms with van der Waals surface area (Å²) in [5.41, 5.74) is 4.91. The van der Waals surface area contributed by atoms with E-state index in [0.717, 1.165) is 43.7 Å². The lowest BCUT2D eigenvalue weighted by atomic mass is 9.95. The van der Waals surface area contributed by atoms with Crippen LogP contribution in [0.5, 0.6) is 0 Å². The van der Waals surface area contributed by atoms with Gasteiger partial charge in [-0.15, -0.1) is 0 Å². The Morgan fingerprint density at radius 3 is 2.36 bits per heavy atom. The highest BCUT2D eigenvalue weighted by atomic mass is 79.9. The lowest BCUT2D eigenvalue weighted by molar-refractivity contribution is -0.344. The molecular formula is C31H23BrN2O2. The molecule has 36 heavy (non-hydrogen) atoms. The minimum absolute atomic E-state index is 0. The summed E-state index contributed by atoms with van der Waals surface area (Å²) < 4.78 is 1.67. The third-order valence-corrected chi connectivity index (χ3v) is 6.78. The van der Waals surface area contributed by atoms with Crippen LogP contribution < -0.4 is 27.5 Å². The quantitative estimate of drug-likeness (QED) is 0.258. The fraction of sp³-hybridized carbons (Fsp3) is 0.0645. The van der Waals surface area contributed by atoms with Crippen LogP contribution in [0.15, 0.2) is 108 Å². The number of nitrogens with one attached hydrogen (secondary N) is 1. The van der Waals surface area contributed by atoms with Gasteiger partial charge >= 0.3 is 0 Å². The summed E-state index contributed by atoms with van der Waals surface area (Å²) in [6.07, 6.45) is 2.19. The number of carbonyl (C=O) groups is 1. The van der Waals surface area contributed by atoms with Crippen molar-refractivity contribution in [3.8, 4) is 11.1 Å². The van der Waals surface area contributed by atoms with Crippen molar-refractivity contribution < 1.29 is 26.8 Å². The van der Waals surface area contributed by atoms with E-state index in [1.54, 1.807) is 11.6 Å². The van der Waals surface area contributed by atoms with Gasteiger partial charge in [-0.25, -0.2) is 4.98 Å². The number of aromatic nitrogens is 2. The Hall–Kier alpha value is -4.09. The van der Waals surface area contributed by atoms with Crippen LogP contribution in [0.4, 0.5) is 0 Å². The van der Waals surface area contributed by atoms with Gasteiger partial charge in [-0.2, -0.15) is 0 Å². The van der Waals surface area contributed by atoms with Crippen LogP contribution in [0, 0.1) is 0 Å². The van der Waals surface area contributed by atoms with E-state index in [1.165, 1.54) is 0 Å². The van der Waals surface area contributed by atoms with E-state index in [1.807, 2.05) is 79.0 Å². The van der Waals surface area contributed by atoms with Crippen LogP contribution in [0.25, 0.3) is 43.7 Å². The molecule has 0 aliphatic rings. The molecule has 0 amide bonds. The number of hydrogen-bond donors (Lipinski definition) is 0. The number of H-pyrrole nitrogens is 1. The zero-order chi connectivity index (χ0) is 23.9. The highest BCUT2D eigenvalue weighted by molar-refractivity contribution is 6.09. The summed E-state index contributed by atoms with van der Waals surface area (Å²) >= 11 is 0. The van der Waals surface area contributed by atoms with Crippen molar-refractivity contribution in [3.63, 3.8) is 0 Å². The third kappa shape index (κ3) is 4.01. The molecule has 2 heterocycles. The van der Waals surface area contributed by atoms with E-state index in [-0.39, 0.29) is 28.3 Å². The number of Topliss-reactive ketones (excluding diaryl/α,β-unsaturated/α-hetero) is 1. The number of halogens is 1. The first-order valence-corrected chi connectivity index (χ1v) is 11.6. The lowest BCUT2D eigenvalue weighted by Gasteiger charge is -2.10. The number of carbonyl (C=O) groups excluding carboxylic acids is 1. The minimum atomic E-state index is -0.0540. The molecule has 4 aromatic carbocycles. The fourth-order valence-electron chi connectivity index (χ4n) is 4.94. The maximum atomic E-state index is 13.3. The topological polar surface area (TPSA) is 53.2 Å². The maximum absolute atomic E-state index is 13.3. The number of pyridine rings is 2. The van der Waals surface area contributed by atoms with Gasteiger partial charge in [0.25, 0.3) is 5.56 Å². The second-order valence-corrected chi connectivity index (χ2v) is 8.87. The molecule has 1 N–H and O–H groups in total. The predicted molar refractivity (Wildman–Crippen MR) is 141 cm³/mol. The van der Waals surface area contributed by atoms with Gasteiger partial charge in [0.05, 0.1) is 10.9 Å². The van der Waals surface area contributed by atoms with Crippen LogP contribution in [0.2, 0.25) is 0 Å². The Kier molecular flexibility index (Phi) is 6.25.